The van der Waals surface area contributed by atoms with Gasteiger partial charge in [0.15, 0.2) is 6.61 Å². The first-order chi connectivity index (χ1) is 13.1. The Bertz CT molecular complexity index is 781. The van der Waals surface area contributed by atoms with Crippen molar-refractivity contribution < 1.29 is 23.8 Å². The summed E-state index contributed by atoms with van der Waals surface area (Å²) >= 11 is 0. The summed E-state index contributed by atoms with van der Waals surface area (Å²) in [6, 6.07) is 14.2. The molecule has 0 bridgehead atoms. The lowest BCUT2D eigenvalue weighted by molar-refractivity contribution is -0.124. The van der Waals surface area contributed by atoms with Gasteiger partial charge in [0.1, 0.15) is 11.5 Å². The van der Waals surface area contributed by atoms with Crippen molar-refractivity contribution in [2.24, 2.45) is 5.92 Å². The van der Waals surface area contributed by atoms with Crippen molar-refractivity contribution in [2.75, 3.05) is 20.8 Å². The fourth-order valence-electron chi connectivity index (χ4n) is 2.88. The number of rotatable bonds is 8. The van der Waals surface area contributed by atoms with E-state index in [-0.39, 0.29) is 18.6 Å². The van der Waals surface area contributed by atoms with Gasteiger partial charge in [0.2, 0.25) is 0 Å². The van der Waals surface area contributed by atoms with Crippen LogP contribution in [0.15, 0.2) is 48.5 Å². The third-order valence-electron chi connectivity index (χ3n) is 4.53. The second kappa shape index (κ2) is 8.58. The van der Waals surface area contributed by atoms with Crippen molar-refractivity contribution in [3.05, 3.63) is 59.7 Å². The molecule has 1 saturated carbocycles. The van der Waals surface area contributed by atoms with Gasteiger partial charge in [-0.2, -0.15) is 0 Å². The highest BCUT2D eigenvalue weighted by molar-refractivity contribution is 5.89. The van der Waals surface area contributed by atoms with Gasteiger partial charge in [-0.1, -0.05) is 12.1 Å². The minimum atomic E-state index is -0.411. The molecule has 1 aliphatic carbocycles. The Balaban J connectivity index is 1.56. The molecule has 0 radical (unpaired) electrons. The zero-order valence-corrected chi connectivity index (χ0v) is 15.4. The number of hydrogen-bond donors (Lipinski definition) is 1. The van der Waals surface area contributed by atoms with E-state index in [1.165, 1.54) is 7.11 Å². The third kappa shape index (κ3) is 5.00. The van der Waals surface area contributed by atoms with E-state index in [4.69, 9.17) is 9.47 Å². The summed E-state index contributed by atoms with van der Waals surface area (Å²) in [5.41, 5.74) is 1.50. The van der Waals surface area contributed by atoms with Crippen LogP contribution in [0, 0.1) is 5.92 Å². The molecule has 0 saturated heterocycles. The Morgan fingerprint density at radius 3 is 2.19 bits per heavy atom. The van der Waals surface area contributed by atoms with Gasteiger partial charge in [-0.3, -0.25) is 4.79 Å². The van der Waals surface area contributed by atoms with Crippen molar-refractivity contribution in [3.63, 3.8) is 0 Å². The Morgan fingerprint density at radius 2 is 1.63 bits per heavy atom. The molecule has 0 aromatic heterocycles. The predicted molar refractivity (Wildman–Crippen MR) is 99.9 cm³/mol. The lowest BCUT2D eigenvalue weighted by atomic mass is 10.0. The topological polar surface area (TPSA) is 73.9 Å². The maximum atomic E-state index is 12.3. The number of hydrogen-bond acceptors (Lipinski definition) is 5. The summed E-state index contributed by atoms with van der Waals surface area (Å²) in [6.45, 7) is -0.0864. The highest BCUT2D eigenvalue weighted by Gasteiger charge is 2.33. The first kappa shape index (κ1) is 18.8. The van der Waals surface area contributed by atoms with E-state index in [1.807, 2.05) is 24.3 Å². The summed E-state index contributed by atoms with van der Waals surface area (Å²) in [7, 11) is 2.96. The van der Waals surface area contributed by atoms with Crippen molar-refractivity contribution in [3.8, 4) is 11.5 Å². The van der Waals surface area contributed by atoms with Gasteiger partial charge >= 0.3 is 5.97 Å². The van der Waals surface area contributed by atoms with Crippen LogP contribution in [-0.2, 0) is 9.53 Å². The summed E-state index contributed by atoms with van der Waals surface area (Å²) < 4.78 is 15.4. The highest BCUT2D eigenvalue weighted by atomic mass is 16.5. The molecule has 2 aromatic rings. The summed E-state index contributed by atoms with van der Waals surface area (Å²) in [6.07, 6.45) is 2.21. The van der Waals surface area contributed by atoms with Crippen molar-refractivity contribution >= 4 is 11.9 Å². The average molecular weight is 369 g/mol. The van der Waals surface area contributed by atoms with Crippen LogP contribution in [0.3, 0.4) is 0 Å². The van der Waals surface area contributed by atoms with Gasteiger partial charge in [-0.25, -0.2) is 4.79 Å². The number of amides is 1. The number of ether oxygens (including phenoxy) is 3. The van der Waals surface area contributed by atoms with Gasteiger partial charge in [0.25, 0.3) is 5.91 Å². The van der Waals surface area contributed by atoms with E-state index in [1.54, 1.807) is 31.4 Å². The first-order valence-corrected chi connectivity index (χ1v) is 8.85. The molecule has 1 fully saturated rings. The molecule has 0 aliphatic heterocycles. The van der Waals surface area contributed by atoms with Crippen LogP contribution in [0.25, 0.3) is 0 Å². The molecule has 6 nitrogen and oxygen atoms in total. The maximum Gasteiger partial charge on any atom is 0.337 e. The molecule has 1 aliphatic rings. The van der Waals surface area contributed by atoms with E-state index >= 15 is 0 Å². The molecule has 27 heavy (non-hydrogen) atoms. The number of nitrogens with one attached hydrogen (secondary N) is 1. The second-order valence-corrected chi connectivity index (χ2v) is 6.46. The standard InChI is InChI=1S/C21H23NO5/c1-25-17-9-5-15(6-10-17)20(14-3-4-14)22-19(23)13-27-18-11-7-16(8-12-18)21(24)26-2/h5-12,14,20H,3-4,13H2,1-2H3,(H,22,23). The van der Waals surface area contributed by atoms with Crippen LogP contribution in [0.2, 0.25) is 0 Å². The van der Waals surface area contributed by atoms with Crippen LogP contribution >= 0.6 is 0 Å². The van der Waals surface area contributed by atoms with E-state index < -0.39 is 5.97 Å². The minimum Gasteiger partial charge on any atom is -0.497 e. The number of esters is 1. The van der Waals surface area contributed by atoms with Gasteiger partial charge in [-0.15, -0.1) is 0 Å². The first-order valence-electron chi connectivity index (χ1n) is 8.85. The molecule has 0 spiro atoms. The van der Waals surface area contributed by atoms with Crippen molar-refractivity contribution in [2.45, 2.75) is 18.9 Å². The molecule has 1 atom stereocenters. The number of benzene rings is 2. The van der Waals surface area contributed by atoms with Crippen LogP contribution in [0.5, 0.6) is 11.5 Å². The molecule has 142 valence electrons. The lowest BCUT2D eigenvalue weighted by Gasteiger charge is -2.19. The van der Waals surface area contributed by atoms with Crippen molar-refractivity contribution in [1.29, 1.82) is 0 Å². The van der Waals surface area contributed by atoms with Gasteiger partial charge in [0, 0.05) is 0 Å². The molecule has 6 heteroatoms. The summed E-state index contributed by atoms with van der Waals surface area (Å²) in [4.78, 5) is 23.8. The molecule has 1 unspecified atom stereocenters. The van der Waals surface area contributed by atoms with Gasteiger partial charge in [0.05, 0.1) is 25.8 Å². The fraction of sp³-hybridized carbons (Fsp3) is 0.333. The molecule has 1 amide bonds. The summed E-state index contributed by atoms with van der Waals surface area (Å²) in [5.74, 6) is 1.18. The quantitative estimate of drug-likeness (QED) is 0.724. The molecule has 3 rings (SSSR count). The fourth-order valence-corrected chi connectivity index (χ4v) is 2.88. The van der Waals surface area contributed by atoms with E-state index in [0.29, 0.717) is 17.2 Å². The maximum absolute atomic E-state index is 12.3. The van der Waals surface area contributed by atoms with Crippen LogP contribution in [0.4, 0.5) is 0 Å². The molecule has 0 heterocycles. The van der Waals surface area contributed by atoms with Gasteiger partial charge < -0.3 is 19.5 Å². The molecular weight excluding hydrogens is 346 g/mol. The van der Waals surface area contributed by atoms with Crippen LogP contribution in [0.1, 0.15) is 34.8 Å². The third-order valence-corrected chi connectivity index (χ3v) is 4.53. The predicted octanol–water partition coefficient (Wildman–Crippen LogP) is 3.13. The SMILES string of the molecule is COC(=O)c1ccc(OCC(=O)NC(c2ccc(OC)cc2)C2CC2)cc1. The van der Waals surface area contributed by atoms with Crippen LogP contribution in [-0.4, -0.2) is 32.7 Å². The minimum absolute atomic E-state index is 0.0197. The van der Waals surface area contributed by atoms with E-state index in [0.717, 1.165) is 24.2 Å². The van der Waals surface area contributed by atoms with Crippen LogP contribution < -0.4 is 14.8 Å². The Morgan fingerprint density at radius 1 is 1.00 bits per heavy atom. The molecule has 1 N–H and O–H groups in total. The van der Waals surface area contributed by atoms with Gasteiger partial charge in [-0.05, 0) is 60.7 Å². The number of methoxy groups -OCH3 is 2. The summed E-state index contributed by atoms with van der Waals surface area (Å²) in [5, 5.41) is 3.06. The number of carbonyl (C=O) groups excluding carboxylic acids is 2. The molecular formula is C21H23NO5. The van der Waals surface area contributed by atoms with E-state index in [9.17, 15) is 9.59 Å². The lowest BCUT2D eigenvalue weighted by Crippen LogP contribution is -2.33. The second-order valence-electron chi connectivity index (χ2n) is 6.46. The largest absolute Gasteiger partial charge is 0.497 e. The van der Waals surface area contributed by atoms with Crippen molar-refractivity contribution in [1.82, 2.24) is 5.32 Å². The number of carbonyl (C=O) groups is 2. The highest BCUT2D eigenvalue weighted by Crippen LogP contribution is 2.41. The zero-order chi connectivity index (χ0) is 19.2. The Hall–Kier alpha value is -3.02. The monoisotopic (exact) mass is 369 g/mol. The normalized spacial score (nSPS) is 14.1. The molecule has 2 aromatic carbocycles. The van der Waals surface area contributed by atoms with E-state index in [2.05, 4.69) is 10.1 Å². The zero-order valence-electron chi connectivity index (χ0n) is 15.4. The Labute approximate surface area is 158 Å². The average Bonchev–Trinajstić information content (AvgIpc) is 3.55. The smallest absolute Gasteiger partial charge is 0.337 e. The Kier molecular flexibility index (Phi) is 5.96.